The van der Waals surface area contributed by atoms with Crippen molar-refractivity contribution in [2.24, 2.45) is 0 Å². The van der Waals surface area contributed by atoms with Gasteiger partial charge in [0.05, 0.1) is 34.1 Å². The number of para-hydroxylation sites is 2. The van der Waals surface area contributed by atoms with Gasteiger partial charge in [-0.3, -0.25) is 4.40 Å². The number of rotatable bonds is 3. The third-order valence-corrected chi connectivity index (χ3v) is 6.87. The van der Waals surface area contributed by atoms with Gasteiger partial charge in [0.25, 0.3) is 0 Å². The lowest BCUT2D eigenvalue weighted by molar-refractivity contribution is 1.14. The largest absolute Gasteiger partial charge is 0.276 e. The maximum Gasteiger partial charge on any atom is 0.235 e. The molecule has 0 amide bonds. The van der Waals surface area contributed by atoms with E-state index in [9.17, 15) is 5.26 Å². The molecule has 7 rings (SSSR count). The Morgan fingerprint density at radius 3 is 2.05 bits per heavy atom. The van der Waals surface area contributed by atoms with Crippen LogP contribution in [0.25, 0.3) is 61.2 Å². The molecule has 0 saturated carbocycles. The van der Waals surface area contributed by atoms with Crippen LogP contribution in [0, 0.1) is 11.3 Å². The second-order valence-corrected chi connectivity index (χ2v) is 9.02. The van der Waals surface area contributed by atoms with Crippen molar-refractivity contribution < 1.29 is 0 Å². The summed E-state index contributed by atoms with van der Waals surface area (Å²) >= 11 is 0. The molecule has 0 aliphatic carbocycles. The Balaban J connectivity index is 1.50. The first kappa shape index (κ1) is 21.0. The molecule has 37 heavy (non-hydrogen) atoms. The second-order valence-electron chi connectivity index (χ2n) is 9.02. The first-order chi connectivity index (χ1) is 18.3. The highest BCUT2D eigenvalue weighted by molar-refractivity contribution is 6.05. The van der Waals surface area contributed by atoms with E-state index in [0.29, 0.717) is 11.3 Å². The molecule has 0 N–H and O–H groups in total. The maximum absolute atomic E-state index is 9.20. The number of hydrogen-bond donors (Lipinski definition) is 0. The number of nitriles is 1. The molecule has 2 aromatic heterocycles. The van der Waals surface area contributed by atoms with Gasteiger partial charge in [0.1, 0.15) is 0 Å². The molecule has 172 valence electrons. The Bertz CT molecular complexity index is 1980. The molecule has 0 bridgehead atoms. The zero-order valence-corrected chi connectivity index (χ0v) is 19.8. The number of aromatic nitrogens is 3. The molecule has 0 radical (unpaired) electrons. The molecule has 2 heterocycles. The number of hydrogen-bond acceptors (Lipinski definition) is 3. The molecule has 0 atom stereocenters. The summed E-state index contributed by atoms with van der Waals surface area (Å²) in [4.78, 5) is 9.93. The summed E-state index contributed by atoms with van der Waals surface area (Å²) in [6.45, 7) is 0. The third-order valence-electron chi connectivity index (χ3n) is 6.87. The average molecular weight is 473 g/mol. The van der Waals surface area contributed by atoms with Crippen LogP contribution in [-0.4, -0.2) is 14.4 Å². The van der Waals surface area contributed by atoms with E-state index in [-0.39, 0.29) is 0 Å². The Morgan fingerprint density at radius 2 is 1.27 bits per heavy atom. The molecular formula is C33H20N4. The van der Waals surface area contributed by atoms with Crippen molar-refractivity contribution in [1.29, 1.82) is 5.26 Å². The molecule has 4 heteroatoms. The van der Waals surface area contributed by atoms with E-state index in [1.807, 2.05) is 48.5 Å². The van der Waals surface area contributed by atoms with Crippen molar-refractivity contribution in [3.63, 3.8) is 0 Å². The summed E-state index contributed by atoms with van der Waals surface area (Å²) in [5.41, 5.74) is 8.91. The SMILES string of the molecule is N#Cc1ccc(-c2ccc(-c3cc(-c4ccccc4)n4c(n3)nc3ccccc34)c3ccccc23)cc1. The van der Waals surface area contributed by atoms with Crippen LogP contribution in [0.4, 0.5) is 0 Å². The highest BCUT2D eigenvalue weighted by Crippen LogP contribution is 2.37. The molecule has 0 unspecified atom stereocenters. The van der Waals surface area contributed by atoms with Crippen molar-refractivity contribution in [2.75, 3.05) is 0 Å². The predicted octanol–water partition coefficient (Wildman–Crippen LogP) is 7.91. The standard InChI is InChI=1S/C33H20N4/c34-21-22-14-16-23(17-15-22)25-18-19-28(27-11-5-4-10-26(25)27)30-20-32(24-8-2-1-3-9-24)37-31-13-7-6-12-29(31)35-33(37)36-30/h1-20H. The zero-order chi connectivity index (χ0) is 24.8. The van der Waals surface area contributed by atoms with Gasteiger partial charge in [-0.25, -0.2) is 9.97 Å². The summed E-state index contributed by atoms with van der Waals surface area (Å²) < 4.78 is 2.14. The Labute approximate surface area is 213 Å². The fraction of sp³-hybridized carbons (Fsp3) is 0. The number of fused-ring (bicyclic) bond motifs is 4. The Kier molecular flexibility index (Phi) is 4.80. The van der Waals surface area contributed by atoms with Gasteiger partial charge in [0.2, 0.25) is 5.78 Å². The van der Waals surface area contributed by atoms with Gasteiger partial charge >= 0.3 is 0 Å². The lowest BCUT2D eigenvalue weighted by Crippen LogP contribution is -1.98. The Morgan fingerprint density at radius 1 is 0.595 bits per heavy atom. The van der Waals surface area contributed by atoms with Gasteiger partial charge in [0.15, 0.2) is 0 Å². The first-order valence-electron chi connectivity index (χ1n) is 12.2. The summed E-state index contributed by atoms with van der Waals surface area (Å²) in [6, 6.07) is 43.4. The molecule has 4 nitrogen and oxygen atoms in total. The van der Waals surface area contributed by atoms with Crippen LogP contribution >= 0.6 is 0 Å². The van der Waals surface area contributed by atoms with E-state index in [4.69, 9.17) is 9.97 Å². The second kappa shape index (κ2) is 8.44. The van der Waals surface area contributed by atoms with Gasteiger partial charge < -0.3 is 0 Å². The van der Waals surface area contributed by atoms with Gasteiger partial charge in [-0.05, 0) is 57.8 Å². The van der Waals surface area contributed by atoms with Crippen LogP contribution in [-0.2, 0) is 0 Å². The number of benzene rings is 5. The zero-order valence-electron chi connectivity index (χ0n) is 19.8. The van der Waals surface area contributed by atoms with Crippen LogP contribution < -0.4 is 0 Å². The lowest BCUT2D eigenvalue weighted by Gasteiger charge is -2.14. The normalized spacial score (nSPS) is 11.2. The fourth-order valence-electron chi connectivity index (χ4n) is 5.12. The minimum atomic E-state index is 0.655. The summed E-state index contributed by atoms with van der Waals surface area (Å²) in [6.07, 6.45) is 0. The molecule has 0 saturated heterocycles. The van der Waals surface area contributed by atoms with E-state index in [1.54, 1.807) is 0 Å². The fourth-order valence-corrected chi connectivity index (χ4v) is 5.12. The molecular weight excluding hydrogens is 452 g/mol. The maximum atomic E-state index is 9.20. The molecule has 0 spiro atoms. The predicted molar refractivity (Wildman–Crippen MR) is 149 cm³/mol. The van der Waals surface area contributed by atoms with E-state index in [0.717, 1.165) is 55.4 Å². The summed E-state index contributed by atoms with van der Waals surface area (Å²) in [5, 5.41) is 11.5. The monoisotopic (exact) mass is 472 g/mol. The van der Waals surface area contributed by atoms with E-state index < -0.39 is 0 Å². The van der Waals surface area contributed by atoms with E-state index in [1.165, 1.54) is 0 Å². The Hall–Kier alpha value is -5.27. The molecule has 5 aromatic carbocycles. The third kappa shape index (κ3) is 3.45. The minimum Gasteiger partial charge on any atom is -0.276 e. The minimum absolute atomic E-state index is 0.655. The van der Waals surface area contributed by atoms with Crippen molar-refractivity contribution >= 4 is 27.6 Å². The highest BCUT2D eigenvalue weighted by Gasteiger charge is 2.16. The lowest BCUT2D eigenvalue weighted by atomic mass is 9.93. The van der Waals surface area contributed by atoms with E-state index in [2.05, 4.69) is 83.3 Å². The molecule has 7 aromatic rings. The van der Waals surface area contributed by atoms with Crippen molar-refractivity contribution in [2.45, 2.75) is 0 Å². The van der Waals surface area contributed by atoms with Crippen LogP contribution in [0.1, 0.15) is 5.56 Å². The summed E-state index contributed by atoms with van der Waals surface area (Å²) in [5.74, 6) is 0.679. The molecule has 0 fully saturated rings. The van der Waals surface area contributed by atoms with Gasteiger partial charge in [-0.1, -0.05) is 91.0 Å². The van der Waals surface area contributed by atoms with Crippen LogP contribution in [0.2, 0.25) is 0 Å². The van der Waals surface area contributed by atoms with Crippen molar-refractivity contribution in [1.82, 2.24) is 14.4 Å². The van der Waals surface area contributed by atoms with Crippen molar-refractivity contribution in [3.8, 4) is 39.7 Å². The van der Waals surface area contributed by atoms with Gasteiger partial charge in [-0.2, -0.15) is 5.26 Å². The molecule has 0 aliphatic rings. The van der Waals surface area contributed by atoms with Gasteiger partial charge in [0, 0.05) is 5.56 Å². The smallest absolute Gasteiger partial charge is 0.235 e. The van der Waals surface area contributed by atoms with Crippen LogP contribution in [0.3, 0.4) is 0 Å². The van der Waals surface area contributed by atoms with Crippen molar-refractivity contribution in [3.05, 3.63) is 127 Å². The van der Waals surface area contributed by atoms with Crippen LogP contribution in [0.5, 0.6) is 0 Å². The summed E-state index contributed by atoms with van der Waals surface area (Å²) in [7, 11) is 0. The quantitative estimate of drug-likeness (QED) is 0.263. The highest BCUT2D eigenvalue weighted by atomic mass is 15.1. The number of nitrogens with zero attached hydrogens (tertiary/aromatic N) is 4. The van der Waals surface area contributed by atoms with Gasteiger partial charge in [-0.15, -0.1) is 0 Å². The van der Waals surface area contributed by atoms with Crippen LogP contribution in [0.15, 0.2) is 121 Å². The molecule has 0 aliphatic heterocycles. The average Bonchev–Trinajstić information content (AvgIpc) is 3.35. The first-order valence-corrected chi connectivity index (χ1v) is 12.2. The topological polar surface area (TPSA) is 54.0 Å². The number of imidazole rings is 1. The van der Waals surface area contributed by atoms with E-state index >= 15 is 0 Å².